The number of ether oxygens (including phenoxy) is 2. The molecule has 0 atom stereocenters. The number of halogens is 1. The summed E-state index contributed by atoms with van der Waals surface area (Å²) in [7, 11) is 0. The highest BCUT2D eigenvalue weighted by atomic mass is 35.5. The molecule has 33 heavy (non-hydrogen) atoms. The summed E-state index contributed by atoms with van der Waals surface area (Å²) in [6.45, 7) is 3.95. The van der Waals surface area contributed by atoms with Crippen LogP contribution < -0.4 is 4.74 Å². The normalized spacial score (nSPS) is 10.8. The summed E-state index contributed by atoms with van der Waals surface area (Å²) in [5.41, 5.74) is -0.585. The van der Waals surface area contributed by atoms with E-state index in [0.29, 0.717) is 23.7 Å². The number of phenols is 1. The van der Waals surface area contributed by atoms with Crippen molar-refractivity contribution >= 4 is 35.4 Å². The number of hydrogen-bond acceptors (Lipinski definition) is 8. The Morgan fingerprint density at radius 3 is 2.52 bits per heavy atom. The molecule has 0 radical (unpaired) electrons. The van der Waals surface area contributed by atoms with Crippen LogP contribution >= 0.6 is 11.6 Å². The number of nitro benzene ring substituents is 1. The van der Waals surface area contributed by atoms with Gasteiger partial charge in [0.05, 0.1) is 4.92 Å². The maximum Gasteiger partial charge on any atom is 0.514 e. The van der Waals surface area contributed by atoms with E-state index in [2.05, 4.69) is 0 Å². The van der Waals surface area contributed by atoms with Gasteiger partial charge in [0.2, 0.25) is 5.75 Å². The van der Waals surface area contributed by atoms with Gasteiger partial charge in [-0.15, -0.1) is 0 Å². The van der Waals surface area contributed by atoms with Gasteiger partial charge >= 0.3 is 11.8 Å². The lowest BCUT2D eigenvalue weighted by Crippen LogP contribution is -2.31. The molecule has 0 spiro atoms. The number of hydrogen-bond donors (Lipinski definition) is 1. The third-order valence-corrected chi connectivity index (χ3v) is 4.85. The van der Waals surface area contributed by atoms with Gasteiger partial charge in [0, 0.05) is 29.7 Å². The molecule has 172 valence electrons. The van der Waals surface area contributed by atoms with Crippen LogP contribution in [0, 0.1) is 21.4 Å². The highest BCUT2D eigenvalue weighted by Crippen LogP contribution is 2.38. The summed E-state index contributed by atoms with van der Waals surface area (Å²) in [6.07, 6.45) is -0.143. The van der Waals surface area contributed by atoms with Crippen LogP contribution in [0.2, 0.25) is 5.02 Å². The van der Waals surface area contributed by atoms with Gasteiger partial charge in [0.1, 0.15) is 18.2 Å². The molecule has 0 unspecified atom stereocenters. The van der Waals surface area contributed by atoms with Crippen molar-refractivity contribution in [2.45, 2.75) is 20.5 Å². The van der Waals surface area contributed by atoms with Crippen LogP contribution in [0.5, 0.6) is 11.5 Å². The predicted molar refractivity (Wildman–Crippen MR) is 119 cm³/mol. The Balaban J connectivity index is 2.34. The maximum atomic E-state index is 12.5. The number of benzene rings is 2. The molecular weight excluding hydrogens is 454 g/mol. The average molecular weight is 474 g/mol. The molecule has 10 nitrogen and oxygen atoms in total. The maximum absolute atomic E-state index is 12.5. The quantitative estimate of drug-likeness (QED) is 0.148. The number of nitrogens with zero attached hydrogens (tertiary/aromatic N) is 3. The number of rotatable bonds is 8. The van der Waals surface area contributed by atoms with Crippen molar-refractivity contribution in [3.63, 3.8) is 0 Å². The summed E-state index contributed by atoms with van der Waals surface area (Å²) < 4.78 is 9.89. The Kier molecular flexibility index (Phi) is 8.77. The van der Waals surface area contributed by atoms with Gasteiger partial charge in [-0.3, -0.25) is 14.9 Å². The molecule has 0 saturated carbocycles. The minimum absolute atomic E-state index is 0.00883. The first-order valence-corrected chi connectivity index (χ1v) is 10.1. The largest absolute Gasteiger partial charge is 0.514 e. The zero-order chi connectivity index (χ0) is 24.5. The summed E-state index contributed by atoms with van der Waals surface area (Å²) in [5, 5.41) is 31.3. The Labute approximate surface area is 194 Å². The summed E-state index contributed by atoms with van der Waals surface area (Å²) in [6, 6.07) is 10.4. The van der Waals surface area contributed by atoms with Crippen LogP contribution in [0.15, 0.2) is 42.0 Å². The van der Waals surface area contributed by atoms with E-state index in [0.717, 1.165) is 18.2 Å². The third kappa shape index (κ3) is 6.44. The fourth-order valence-corrected chi connectivity index (χ4v) is 2.97. The first-order valence-electron chi connectivity index (χ1n) is 9.72. The number of phenolic OH excluding ortho intramolecular Hbond substituents is 1. The number of amides is 1. The number of likely N-dealkylation sites (N-methyl/N-ethyl adjacent to an activating group) is 1. The number of aromatic hydroxyl groups is 1. The predicted octanol–water partition coefficient (Wildman–Crippen LogP) is 4.44. The van der Waals surface area contributed by atoms with Crippen LogP contribution in [-0.4, -0.2) is 40.1 Å². The SMILES string of the molecule is CCN(CC)C(=O)C(C#N)=Cc1cc(OC(=O)OCc2ccccc2Cl)c(O)c([N+](=O)[O-])c1. The van der Waals surface area contributed by atoms with Crippen molar-refractivity contribution in [3.05, 3.63) is 68.2 Å². The van der Waals surface area contributed by atoms with Crippen LogP contribution in [0.1, 0.15) is 25.0 Å². The van der Waals surface area contributed by atoms with Gasteiger partial charge in [0.25, 0.3) is 5.91 Å². The molecule has 11 heteroatoms. The van der Waals surface area contributed by atoms with Crippen molar-refractivity contribution < 1.29 is 29.1 Å². The monoisotopic (exact) mass is 473 g/mol. The van der Waals surface area contributed by atoms with E-state index in [-0.39, 0.29) is 17.7 Å². The van der Waals surface area contributed by atoms with Crippen molar-refractivity contribution in [2.75, 3.05) is 13.1 Å². The van der Waals surface area contributed by atoms with Crippen molar-refractivity contribution in [1.29, 1.82) is 5.26 Å². The molecule has 0 aliphatic rings. The second kappa shape index (κ2) is 11.5. The van der Waals surface area contributed by atoms with Crippen molar-refractivity contribution in [2.24, 2.45) is 0 Å². The lowest BCUT2D eigenvalue weighted by atomic mass is 10.1. The summed E-state index contributed by atoms with van der Waals surface area (Å²) in [4.78, 5) is 36.4. The zero-order valence-corrected chi connectivity index (χ0v) is 18.5. The third-order valence-electron chi connectivity index (χ3n) is 4.48. The fraction of sp³-hybridized carbons (Fsp3) is 0.227. The van der Waals surface area contributed by atoms with Gasteiger partial charge in [0.15, 0.2) is 5.75 Å². The highest BCUT2D eigenvalue weighted by molar-refractivity contribution is 6.31. The standard InChI is InChI=1S/C22H20ClN3O7/c1-3-25(4-2)21(28)16(12-24)9-14-10-18(26(30)31)20(27)19(11-14)33-22(29)32-13-15-7-5-6-8-17(15)23/h5-11,27H,3-4,13H2,1-2H3. The van der Waals surface area contributed by atoms with Gasteiger partial charge in [-0.25, -0.2) is 4.79 Å². The molecule has 0 bridgehead atoms. The minimum atomic E-state index is -1.25. The van der Waals surface area contributed by atoms with E-state index < -0.39 is 34.2 Å². The van der Waals surface area contributed by atoms with E-state index >= 15 is 0 Å². The van der Waals surface area contributed by atoms with Crippen molar-refractivity contribution in [3.8, 4) is 17.6 Å². The second-order valence-corrected chi connectivity index (χ2v) is 6.93. The first-order chi connectivity index (χ1) is 15.7. The lowest BCUT2D eigenvalue weighted by Gasteiger charge is -2.17. The molecule has 0 aliphatic heterocycles. The fourth-order valence-electron chi connectivity index (χ4n) is 2.78. The zero-order valence-electron chi connectivity index (χ0n) is 17.8. The molecular formula is C22H20ClN3O7. The Hall–Kier alpha value is -4.10. The second-order valence-electron chi connectivity index (χ2n) is 6.52. The minimum Gasteiger partial charge on any atom is -0.499 e. The molecule has 0 aliphatic carbocycles. The van der Waals surface area contributed by atoms with Crippen LogP contribution in [0.3, 0.4) is 0 Å². The molecule has 0 heterocycles. The number of carbonyl (C=O) groups is 2. The van der Waals surface area contributed by atoms with Crippen LogP contribution in [-0.2, 0) is 16.1 Å². The number of carbonyl (C=O) groups excluding carboxylic acids is 2. The Morgan fingerprint density at radius 1 is 1.27 bits per heavy atom. The number of nitriles is 1. The highest BCUT2D eigenvalue weighted by Gasteiger charge is 2.23. The van der Waals surface area contributed by atoms with E-state index in [9.17, 15) is 30.1 Å². The molecule has 2 rings (SSSR count). The van der Waals surface area contributed by atoms with Gasteiger partial charge < -0.3 is 19.5 Å². The molecule has 1 N–H and O–H groups in total. The van der Waals surface area contributed by atoms with Crippen LogP contribution in [0.4, 0.5) is 10.5 Å². The smallest absolute Gasteiger partial charge is 0.499 e. The summed E-state index contributed by atoms with van der Waals surface area (Å²) >= 11 is 5.99. The van der Waals surface area contributed by atoms with E-state index in [1.807, 2.05) is 0 Å². The van der Waals surface area contributed by atoms with E-state index in [1.54, 1.807) is 44.2 Å². The van der Waals surface area contributed by atoms with Crippen LogP contribution in [0.25, 0.3) is 6.08 Å². The topological polar surface area (TPSA) is 143 Å². The number of nitro groups is 1. The Morgan fingerprint density at radius 2 is 1.94 bits per heavy atom. The first kappa shape index (κ1) is 25.2. The van der Waals surface area contributed by atoms with Gasteiger partial charge in [-0.05, 0) is 37.6 Å². The Bertz CT molecular complexity index is 1140. The van der Waals surface area contributed by atoms with E-state index in [4.69, 9.17) is 21.1 Å². The van der Waals surface area contributed by atoms with Gasteiger partial charge in [-0.1, -0.05) is 29.8 Å². The van der Waals surface area contributed by atoms with Gasteiger partial charge in [-0.2, -0.15) is 5.26 Å². The lowest BCUT2D eigenvalue weighted by molar-refractivity contribution is -0.385. The molecule has 0 aromatic heterocycles. The summed E-state index contributed by atoms with van der Waals surface area (Å²) in [5.74, 6) is -2.06. The molecule has 0 saturated heterocycles. The molecule has 2 aromatic carbocycles. The molecule has 1 amide bonds. The van der Waals surface area contributed by atoms with Crippen molar-refractivity contribution in [1.82, 2.24) is 4.90 Å². The molecule has 2 aromatic rings. The average Bonchev–Trinajstić information content (AvgIpc) is 2.79. The molecule has 0 fully saturated rings. The van der Waals surface area contributed by atoms with E-state index in [1.165, 1.54) is 4.90 Å².